The Morgan fingerprint density at radius 2 is 2.19 bits per heavy atom. The molecule has 0 aromatic heterocycles. The molecule has 1 aliphatic heterocycles. The quantitative estimate of drug-likeness (QED) is 0.830. The predicted molar refractivity (Wildman–Crippen MR) is 73.5 cm³/mol. The number of anilines is 1. The molecule has 2 N–H and O–H groups in total. The molecule has 1 unspecified atom stereocenters. The molecule has 0 fully saturated rings. The number of amides is 2. The maximum atomic E-state index is 13.3. The molecule has 1 aromatic rings. The third kappa shape index (κ3) is 2.97. The molecule has 0 saturated heterocycles. The fourth-order valence-corrected chi connectivity index (χ4v) is 2.10. The van der Waals surface area contributed by atoms with Gasteiger partial charge in [0.1, 0.15) is 29.8 Å². The van der Waals surface area contributed by atoms with Crippen molar-refractivity contribution in [1.82, 2.24) is 5.32 Å². The Bertz CT molecular complexity index is 576. The van der Waals surface area contributed by atoms with Gasteiger partial charge >= 0.3 is 0 Å². The maximum absolute atomic E-state index is 13.3. The molecule has 2 amide bonds. The van der Waals surface area contributed by atoms with Gasteiger partial charge < -0.3 is 20.1 Å². The van der Waals surface area contributed by atoms with E-state index in [1.807, 2.05) is 0 Å². The van der Waals surface area contributed by atoms with Crippen LogP contribution < -0.4 is 15.0 Å². The van der Waals surface area contributed by atoms with E-state index in [1.165, 1.54) is 37.1 Å². The van der Waals surface area contributed by atoms with Gasteiger partial charge in [0, 0.05) is 13.1 Å². The smallest absolute Gasteiger partial charge is 0.253 e. The van der Waals surface area contributed by atoms with Crippen molar-refractivity contribution in [1.29, 1.82) is 0 Å². The Balaban J connectivity index is 2.33. The van der Waals surface area contributed by atoms with Gasteiger partial charge in [-0.3, -0.25) is 9.59 Å². The van der Waals surface area contributed by atoms with E-state index >= 15 is 0 Å². The summed E-state index contributed by atoms with van der Waals surface area (Å²) in [6.07, 6.45) is -1.90. The van der Waals surface area contributed by atoms with E-state index < -0.39 is 35.9 Å². The molecule has 2 rings (SSSR count). The number of hydrogen-bond acceptors (Lipinski definition) is 4. The number of nitrogens with one attached hydrogen (secondary N) is 1. The Labute approximate surface area is 121 Å². The molecule has 6 nitrogen and oxygen atoms in total. The van der Waals surface area contributed by atoms with Gasteiger partial charge in [-0.15, -0.1) is 0 Å². The van der Waals surface area contributed by atoms with Crippen LogP contribution in [0.25, 0.3) is 0 Å². The largest absolute Gasteiger partial charge is 0.486 e. The summed E-state index contributed by atoms with van der Waals surface area (Å²) >= 11 is 0. The summed E-state index contributed by atoms with van der Waals surface area (Å²) < 4.78 is 19.0. The Hall–Kier alpha value is -2.15. The summed E-state index contributed by atoms with van der Waals surface area (Å²) in [6.45, 7) is 2.92. The highest BCUT2D eigenvalue weighted by molar-refractivity contribution is 6.01. The average Bonchev–Trinajstić information content (AvgIpc) is 2.51. The molecule has 7 heteroatoms. The second-order valence-corrected chi connectivity index (χ2v) is 4.99. The third-order valence-electron chi connectivity index (χ3n) is 3.34. The van der Waals surface area contributed by atoms with Crippen LogP contribution in [0.5, 0.6) is 5.75 Å². The molecule has 1 aromatic carbocycles. The lowest BCUT2D eigenvalue weighted by molar-refractivity contribution is -0.133. The SMILES string of the molecule is CC(O)C(=O)N[C@@H]1C(=O)N(C)c2cc(F)ccc2O[C@@H]1C. The van der Waals surface area contributed by atoms with E-state index in [9.17, 15) is 19.1 Å². The number of rotatable bonds is 2. The van der Waals surface area contributed by atoms with Crippen LogP contribution in [0.3, 0.4) is 0 Å². The first-order valence-corrected chi connectivity index (χ1v) is 6.53. The molecular formula is C14H17FN2O4. The van der Waals surface area contributed by atoms with E-state index in [0.717, 1.165) is 0 Å². The molecule has 1 heterocycles. The zero-order valence-corrected chi connectivity index (χ0v) is 12.0. The fraction of sp³-hybridized carbons (Fsp3) is 0.429. The van der Waals surface area contributed by atoms with Crippen LogP contribution in [0.4, 0.5) is 10.1 Å². The summed E-state index contributed by atoms with van der Waals surface area (Å²) in [4.78, 5) is 25.2. The summed E-state index contributed by atoms with van der Waals surface area (Å²) in [5.41, 5.74) is 0.292. The Kier molecular flexibility index (Phi) is 4.13. The number of halogens is 1. The van der Waals surface area contributed by atoms with Crippen LogP contribution >= 0.6 is 0 Å². The zero-order chi connectivity index (χ0) is 15.7. The van der Waals surface area contributed by atoms with Crippen molar-refractivity contribution in [3.8, 4) is 5.75 Å². The normalized spacial score (nSPS) is 22.9. The van der Waals surface area contributed by atoms with Crippen molar-refractivity contribution >= 4 is 17.5 Å². The lowest BCUT2D eigenvalue weighted by Crippen LogP contribution is -2.54. The minimum Gasteiger partial charge on any atom is -0.486 e. The van der Waals surface area contributed by atoms with E-state index in [-0.39, 0.29) is 0 Å². The zero-order valence-electron chi connectivity index (χ0n) is 12.0. The first kappa shape index (κ1) is 15.2. The number of carbonyl (C=O) groups excluding carboxylic acids is 2. The molecule has 0 aliphatic carbocycles. The van der Waals surface area contributed by atoms with Crippen LogP contribution in [0.15, 0.2) is 18.2 Å². The molecule has 21 heavy (non-hydrogen) atoms. The van der Waals surface area contributed by atoms with Crippen molar-refractivity contribution in [2.45, 2.75) is 32.1 Å². The number of benzene rings is 1. The number of nitrogens with zero attached hydrogens (tertiary/aromatic N) is 1. The van der Waals surface area contributed by atoms with Crippen molar-refractivity contribution < 1.29 is 23.8 Å². The Morgan fingerprint density at radius 1 is 1.52 bits per heavy atom. The van der Waals surface area contributed by atoms with Crippen LogP contribution in [0.1, 0.15) is 13.8 Å². The van der Waals surface area contributed by atoms with Gasteiger partial charge in [-0.05, 0) is 26.0 Å². The lowest BCUT2D eigenvalue weighted by Gasteiger charge is -2.24. The number of hydrogen-bond donors (Lipinski definition) is 2. The van der Waals surface area contributed by atoms with Crippen LogP contribution in [-0.2, 0) is 9.59 Å². The van der Waals surface area contributed by atoms with E-state index in [0.29, 0.717) is 11.4 Å². The average molecular weight is 296 g/mol. The Morgan fingerprint density at radius 3 is 2.81 bits per heavy atom. The van der Waals surface area contributed by atoms with Crippen molar-refractivity contribution in [3.05, 3.63) is 24.0 Å². The summed E-state index contributed by atoms with van der Waals surface area (Å²) in [5, 5.41) is 11.7. The number of aliphatic hydroxyl groups excluding tert-OH is 1. The van der Waals surface area contributed by atoms with Gasteiger partial charge in [0.05, 0.1) is 5.69 Å². The van der Waals surface area contributed by atoms with Crippen LogP contribution in [0, 0.1) is 5.82 Å². The van der Waals surface area contributed by atoms with Gasteiger partial charge in [0.2, 0.25) is 5.91 Å². The first-order valence-electron chi connectivity index (χ1n) is 6.53. The second-order valence-electron chi connectivity index (χ2n) is 4.99. The molecule has 0 bridgehead atoms. The van der Waals surface area contributed by atoms with Crippen molar-refractivity contribution in [2.24, 2.45) is 0 Å². The molecule has 3 atom stereocenters. The standard InChI is InChI=1S/C14H17FN2O4/c1-7(18)13(19)16-12-8(2)21-11-5-4-9(15)6-10(11)17(3)14(12)20/h4-8,12,18H,1-3H3,(H,16,19)/t7?,8-,12+/m1/s1. The molecule has 0 radical (unpaired) electrons. The van der Waals surface area contributed by atoms with Gasteiger partial charge in [0.15, 0.2) is 0 Å². The molecular weight excluding hydrogens is 279 g/mol. The number of aliphatic hydroxyl groups is 1. The fourth-order valence-electron chi connectivity index (χ4n) is 2.10. The number of carbonyl (C=O) groups is 2. The maximum Gasteiger partial charge on any atom is 0.253 e. The highest BCUT2D eigenvalue weighted by Gasteiger charge is 2.36. The lowest BCUT2D eigenvalue weighted by atomic mass is 10.1. The van der Waals surface area contributed by atoms with E-state index in [1.54, 1.807) is 6.92 Å². The number of likely N-dealkylation sites (N-methyl/N-ethyl adjacent to an activating group) is 1. The third-order valence-corrected chi connectivity index (χ3v) is 3.34. The minimum atomic E-state index is -1.24. The highest BCUT2D eigenvalue weighted by Crippen LogP contribution is 2.32. The highest BCUT2D eigenvalue weighted by atomic mass is 19.1. The second kappa shape index (κ2) is 5.69. The number of ether oxygens (including phenoxy) is 1. The van der Waals surface area contributed by atoms with Crippen molar-refractivity contribution in [2.75, 3.05) is 11.9 Å². The van der Waals surface area contributed by atoms with E-state index in [4.69, 9.17) is 4.74 Å². The molecule has 114 valence electrons. The molecule has 1 aliphatic rings. The van der Waals surface area contributed by atoms with Gasteiger partial charge in [-0.2, -0.15) is 0 Å². The van der Waals surface area contributed by atoms with Gasteiger partial charge in [0.25, 0.3) is 5.91 Å². The number of fused-ring (bicyclic) bond motifs is 1. The van der Waals surface area contributed by atoms with Crippen LogP contribution in [0.2, 0.25) is 0 Å². The summed E-state index contributed by atoms with van der Waals surface area (Å²) in [5.74, 6) is -1.25. The monoisotopic (exact) mass is 296 g/mol. The topological polar surface area (TPSA) is 78.9 Å². The molecule has 0 spiro atoms. The van der Waals surface area contributed by atoms with Crippen LogP contribution in [-0.4, -0.2) is 42.2 Å². The molecule has 0 saturated carbocycles. The summed E-state index contributed by atoms with van der Waals surface area (Å²) in [6, 6.07) is 2.90. The minimum absolute atomic E-state index is 0.292. The van der Waals surface area contributed by atoms with Crippen molar-refractivity contribution in [3.63, 3.8) is 0 Å². The first-order chi connectivity index (χ1) is 9.81. The van der Waals surface area contributed by atoms with Gasteiger partial charge in [-0.25, -0.2) is 4.39 Å². The van der Waals surface area contributed by atoms with Gasteiger partial charge in [-0.1, -0.05) is 0 Å². The summed E-state index contributed by atoms with van der Waals surface area (Å²) in [7, 11) is 1.48. The van der Waals surface area contributed by atoms with E-state index in [2.05, 4.69) is 5.32 Å². The predicted octanol–water partition coefficient (Wildman–Crippen LogP) is 0.435.